The van der Waals surface area contributed by atoms with Crippen molar-refractivity contribution in [2.45, 2.75) is 51.0 Å². The molecule has 0 spiro atoms. The Kier molecular flexibility index (Phi) is 7.79. The summed E-state index contributed by atoms with van der Waals surface area (Å²) in [6.45, 7) is 4.01. The smallest absolute Gasteiger partial charge is 0.244 e. The van der Waals surface area contributed by atoms with Crippen LogP contribution in [0.2, 0.25) is 0 Å². The molecule has 0 fully saturated rings. The summed E-state index contributed by atoms with van der Waals surface area (Å²) in [5.41, 5.74) is 6.20. The maximum Gasteiger partial charge on any atom is 0.244 e. The molecule has 3 N–H and O–H groups in total. The summed E-state index contributed by atoms with van der Waals surface area (Å²) in [4.78, 5) is 0.213. The van der Waals surface area contributed by atoms with Crippen molar-refractivity contribution < 1.29 is 12.8 Å². The van der Waals surface area contributed by atoms with Gasteiger partial charge >= 0.3 is 0 Å². The number of unbranched alkanes of at least 4 members (excludes halogenated alkanes) is 3. The second-order valence-corrected chi connectivity index (χ2v) is 7.72. The van der Waals surface area contributed by atoms with Crippen molar-refractivity contribution in [3.63, 3.8) is 0 Å². The van der Waals surface area contributed by atoms with E-state index in [-0.39, 0.29) is 11.4 Å². The molecule has 1 rings (SSSR count). The molecule has 5 nitrogen and oxygen atoms in total. The number of nitrogens with two attached hydrogens (primary N) is 1. The molecule has 1 heterocycles. The summed E-state index contributed by atoms with van der Waals surface area (Å²) in [6.07, 6.45) is 6.31. The highest BCUT2D eigenvalue weighted by Crippen LogP contribution is 2.25. The van der Waals surface area contributed by atoms with Crippen LogP contribution in [0.1, 0.15) is 42.8 Å². The highest BCUT2D eigenvalue weighted by molar-refractivity contribution is 7.98. The first-order valence-corrected chi connectivity index (χ1v) is 10.1. The maximum atomic E-state index is 12.4. The van der Waals surface area contributed by atoms with E-state index in [9.17, 15) is 8.42 Å². The zero-order chi connectivity index (χ0) is 15.9. The minimum absolute atomic E-state index is 0.161. The van der Waals surface area contributed by atoms with Crippen molar-refractivity contribution in [2.24, 2.45) is 5.73 Å². The molecule has 0 aliphatic carbocycles. The van der Waals surface area contributed by atoms with Crippen molar-refractivity contribution >= 4 is 21.8 Å². The van der Waals surface area contributed by atoms with E-state index in [1.165, 1.54) is 12.2 Å². The van der Waals surface area contributed by atoms with Gasteiger partial charge in [0.2, 0.25) is 10.0 Å². The Morgan fingerprint density at radius 3 is 2.43 bits per heavy atom. The standard InChI is InChI=1S/C14H26N2O3S2/c1-11-13(10-15)14(12(2)19-11)21(17,18)16-8-6-4-5-7-9-20-3/h16H,4-10,15H2,1-3H3. The summed E-state index contributed by atoms with van der Waals surface area (Å²) in [6, 6.07) is 0. The van der Waals surface area contributed by atoms with Gasteiger partial charge in [-0.3, -0.25) is 0 Å². The third kappa shape index (κ3) is 5.32. The zero-order valence-electron chi connectivity index (χ0n) is 13.1. The van der Waals surface area contributed by atoms with Crippen LogP contribution in [0.5, 0.6) is 0 Å². The molecule has 0 radical (unpaired) electrons. The van der Waals surface area contributed by atoms with Gasteiger partial charge < -0.3 is 10.2 Å². The molecule has 0 unspecified atom stereocenters. The van der Waals surface area contributed by atoms with Crippen LogP contribution in [0, 0.1) is 13.8 Å². The van der Waals surface area contributed by atoms with E-state index in [0.29, 0.717) is 23.6 Å². The lowest BCUT2D eigenvalue weighted by molar-refractivity contribution is 0.494. The Morgan fingerprint density at radius 1 is 1.14 bits per heavy atom. The predicted molar refractivity (Wildman–Crippen MR) is 88.1 cm³/mol. The van der Waals surface area contributed by atoms with Crippen LogP contribution in [-0.4, -0.2) is 27.0 Å². The van der Waals surface area contributed by atoms with Crippen molar-refractivity contribution in [1.29, 1.82) is 0 Å². The van der Waals surface area contributed by atoms with Crippen molar-refractivity contribution in [2.75, 3.05) is 18.6 Å². The number of furan rings is 1. The summed E-state index contributed by atoms with van der Waals surface area (Å²) in [5.74, 6) is 2.15. The van der Waals surface area contributed by atoms with Crippen LogP contribution in [-0.2, 0) is 16.6 Å². The highest BCUT2D eigenvalue weighted by Gasteiger charge is 2.25. The molecule has 0 amide bonds. The number of nitrogens with one attached hydrogen (secondary N) is 1. The van der Waals surface area contributed by atoms with Gasteiger partial charge in [-0.05, 0) is 38.7 Å². The largest absolute Gasteiger partial charge is 0.465 e. The van der Waals surface area contributed by atoms with E-state index < -0.39 is 10.0 Å². The van der Waals surface area contributed by atoms with Crippen LogP contribution in [0.25, 0.3) is 0 Å². The maximum absolute atomic E-state index is 12.4. The van der Waals surface area contributed by atoms with E-state index in [4.69, 9.17) is 10.2 Å². The summed E-state index contributed by atoms with van der Waals surface area (Å²) >= 11 is 1.84. The molecular weight excluding hydrogens is 308 g/mol. The Morgan fingerprint density at radius 2 is 1.81 bits per heavy atom. The van der Waals surface area contributed by atoms with Gasteiger partial charge in [-0.1, -0.05) is 12.8 Å². The molecule has 122 valence electrons. The first-order valence-electron chi connectivity index (χ1n) is 7.21. The van der Waals surface area contributed by atoms with Crippen molar-refractivity contribution in [3.8, 4) is 0 Å². The molecule has 0 bridgehead atoms. The molecule has 1 aromatic rings. The van der Waals surface area contributed by atoms with Gasteiger partial charge in [-0.2, -0.15) is 11.8 Å². The lowest BCUT2D eigenvalue weighted by Gasteiger charge is -2.07. The van der Waals surface area contributed by atoms with Crippen molar-refractivity contribution in [1.82, 2.24) is 4.72 Å². The van der Waals surface area contributed by atoms with E-state index in [1.807, 2.05) is 11.8 Å². The highest BCUT2D eigenvalue weighted by atomic mass is 32.2. The summed E-state index contributed by atoms with van der Waals surface area (Å²) < 4.78 is 32.7. The van der Waals surface area contributed by atoms with E-state index >= 15 is 0 Å². The van der Waals surface area contributed by atoms with Crippen LogP contribution in [0.4, 0.5) is 0 Å². The number of rotatable bonds is 10. The third-order valence-electron chi connectivity index (χ3n) is 3.37. The molecule has 0 aliphatic heterocycles. The molecule has 1 aromatic heterocycles. The van der Waals surface area contributed by atoms with Gasteiger partial charge in [0.15, 0.2) is 0 Å². The first-order chi connectivity index (χ1) is 9.94. The molecule has 0 aromatic carbocycles. The average Bonchev–Trinajstić information content (AvgIpc) is 2.72. The normalized spacial score (nSPS) is 12.0. The van der Waals surface area contributed by atoms with Gasteiger partial charge in [-0.25, -0.2) is 13.1 Å². The van der Waals surface area contributed by atoms with Crippen LogP contribution in [0.15, 0.2) is 9.31 Å². The topological polar surface area (TPSA) is 85.3 Å². The van der Waals surface area contributed by atoms with Crippen molar-refractivity contribution in [3.05, 3.63) is 17.1 Å². The van der Waals surface area contributed by atoms with Crippen LogP contribution in [0.3, 0.4) is 0 Å². The quantitative estimate of drug-likeness (QED) is 0.642. The minimum atomic E-state index is -3.54. The van der Waals surface area contributed by atoms with E-state index in [1.54, 1.807) is 13.8 Å². The lowest BCUT2D eigenvalue weighted by Crippen LogP contribution is -2.26. The zero-order valence-corrected chi connectivity index (χ0v) is 14.7. The van der Waals surface area contributed by atoms with Gasteiger partial charge in [0, 0.05) is 18.7 Å². The fraction of sp³-hybridized carbons (Fsp3) is 0.714. The summed E-state index contributed by atoms with van der Waals surface area (Å²) in [7, 11) is -3.54. The van der Waals surface area contributed by atoms with E-state index in [0.717, 1.165) is 19.3 Å². The molecule has 0 aliphatic rings. The molecular formula is C14H26N2O3S2. The average molecular weight is 335 g/mol. The monoisotopic (exact) mass is 334 g/mol. The number of sulfonamides is 1. The number of thioether (sulfide) groups is 1. The molecule has 7 heteroatoms. The number of hydrogen-bond acceptors (Lipinski definition) is 5. The summed E-state index contributed by atoms with van der Waals surface area (Å²) in [5, 5.41) is 0. The molecule has 0 atom stereocenters. The number of aryl methyl sites for hydroxylation is 2. The van der Waals surface area contributed by atoms with Crippen LogP contribution >= 0.6 is 11.8 Å². The van der Waals surface area contributed by atoms with Gasteiger partial charge in [0.1, 0.15) is 16.4 Å². The van der Waals surface area contributed by atoms with Crippen LogP contribution < -0.4 is 10.5 Å². The fourth-order valence-electron chi connectivity index (χ4n) is 2.30. The first kappa shape index (κ1) is 18.5. The Balaban J connectivity index is 2.55. The Bertz CT molecular complexity index is 539. The minimum Gasteiger partial charge on any atom is -0.465 e. The molecule has 0 saturated carbocycles. The predicted octanol–water partition coefficient (Wildman–Crippen LogP) is 2.56. The SMILES string of the molecule is CSCCCCCCNS(=O)(=O)c1c(C)oc(C)c1CN. The third-order valence-corrected chi connectivity index (χ3v) is 5.72. The molecule has 21 heavy (non-hydrogen) atoms. The number of hydrogen-bond donors (Lipinski definition) is 2. The second kappa shape index (κ2) is 8.82. The molecule has 0 saturated heterocycles. The van der Waals surface area contributed by atoms with Gasteiger partial charge in [0.25, 0.3) is 0 Å². The fourth-order valence-corrected chi connectivity index (χ4v) is 4.32. The Hall–Kier alpha value is -0.500. The Labute approximate surface area is 132 Å². The lowest BCUT2D eigenvalue weighted by atomic mass is 10.2. The van der Waals surface area contributed by atoms with Gasteiger partial charge in [0.05, 0.1) is 0 Å². The van der Waals surface area contributed by atoms with E-state index in [2.05, 4.69) is 11.0 Å². The second-order valence-electron chi connectivity index (χ2n) is 5.03. The van der Waals surface area contributed by atoms with Gasteiger partial charge in [-0.15, -0.1) is 0 Å².